The number of carbonyl (C=O) groups excluding carboxylic acids is 2. The van der Waals surface area contributed by atoms with Crippen molar-refractivity contribution in [2.45, 2.75) is 99.8 Å². The number of benzene rings is 2. The molecule has 61 heavy (non-hydrogen) atoms. The number of dihydropyridines is 1. The third-order valence-corrected chi connectivity index (χ3v) is 17.1. The number of ether oxygens (including phenoxy) is 2. The molecular formula is C46H54N2O11S2. The van der Waals surface area contributed by atoms with Gasteiger partial charge in [0.05, 0.1) is 36.4 Å². The van der Waals surface area contributed by atoms with E-state index in [0.29, 0.717) is 30.0 Å². The zero-order valence-corrected chi connectivity index (χ0v) is 35.4. The quantitative estimate of drug-likeness (QED) is 0.179. The third-order valence-electron chi connectivity index (χ3n) is 14.4. The monoisotopic (exact) mass is 874 g/mol. The smallest absolute Gasteiger partial charge is 0.229 e. The van der Waals surface area contributed by atoms with Crippen LogP contribution in [0.15, 0.2) is 89.0 Å². The highest BCUT2D eigenvalue weighted by atomic mass is 33.1. The highest BCUT2D eigenvalue weighted by molar-refractivity contribution is 8.76. The summed E-state index contributed by atoms with van der Waals surface area (Å²) in [5.74, 6) is -1.29. The summed E-state index contributed by atoms with van der Waals surface area (Å²) >= 11 is 0. The number of nitrogens with one attached hydrogen (secondary N) is 2. The highest BCUT2D eigenvalue weighted by Crippen LogP contribution is 2.61. The Morgan fingerprint density at radius 3 is 2.59 bits per heavy atom. The first-order valence-corrected chi connectivity index (χ1v) is 23.7. The minimum atomic E-state index is -2.22. The second-order valence-corrected chi connectivity index (χ2v) is 20.2. The molecule has 1 saturated carbocycles. The zero-order valence-electron chi connectivity index (χ0n) is 33.8. The number of aliphatic hydroxyl groups is 7. The van der Waals surface area contributed by atoms with Crippen molar-refractivity contribution in [2.24, 2.45) is 22.7 Å². The number of hydrogen-bond donors (Lipinski definition) is 9. The van der Waals surface area contributed by atoms with E-state index in [-0.39, 0.29) is 61.0 Å². The molecule has 2 aromatic rings. The summed E-state index contributed by atoms with van der Waals surface area (Å²) in [7, 11) is 2.81. The average Bonchev–Trinajstić information content (AvgIpc) is 3.69. The second kappa shape index (κ2) is 16.8. The van der Waals surface area contributed by atoms with Crippen LogP contribution in [0.2, 0.25) is 0 Å². The molecule has 2 aromatic carbocycles. The van der Waals surface area contributed by atoms with Gasteiger partial charge in [0.1, 0.15) is 40.8 Å². The number of carbonyl (C=O) groups is 2. The maximum absolute atomic E-state index is 15.7. The molecule has 3 aliphatic heterocycles. The summed E-state index contributed by atoms with van der Waals surface area (Å²) in [6.07, 6.45) is 3.93. The molecule has 9 rings (SSSR count). The summed E-state index contributed by atoms with van der Waals surface area (Å²) in [5, 5.41) is 85.9. The Hall–Kier alpha value is -3.64. The Balaban J connectivity index is 1.19. The van der Waals surface area contributed by atoms with Gasteiger partial charge in [0, 0.05) is 29.4 Å². The summed E-state index contributed by atoms with van der Waals surface area (Å²) in [6.45, 7) is -0.460. The number of rotatable bonds is 7. The van der Waals surface area contributed by atoms with Gasteiger partial charge in [-0.2, -0.15) is 0 Å². The minimum Gasteiger partial charge on any atom is -0.511 e. The third kappa shape index (κ3) is 6.99. The molecule has 7 aliphatic rings. The van der Waals surface area contributed by atoms with Crippen molar-refractivity contribution in [1.82, 2.24) is 10.6 Å². The number of fused-ring (bicyclic) bond motifs is 2. The fourth-order valence-electron chi connectivity index (χ4n) is 11.5. The van der Waals surface area contributed by atoms with Gasteiger partial charge < -0.3 is 55.9 Å². The van der Waals surface area contributed by atoms with E-state index < -0.39 is 70.4 Å². The second-order valence-electron chi connectivity index (χ2n) is 17.6. The largest absolute Gasteiger partial charge is 0.511 e. The number of ketones is 2. The molecule has 326 valence electrons. The average molecular weight is 875 g/mol. The van der Waals surface area contributed by atoms with E-state index >= 15 is 9.59 Å². The lowest BCUT2D eigenvalue weighted by Crippen LogP contribution is -2.69. The van der Waals surface area contributed by atoms with Crippen molar-refractivity contribution in [3.05, 3.63) is 111 Å². The molecule has 10 unspecified atom stereocenters. The van der Waals surface area contributed by atoms with Crippen LogP contribution in [-0.2, 0) is 17.8 Å². The fraction of sp³-hybridized carbons (Fsp3) is 0.522. The van der Waals surface area contributed by atoms with Gasteiger partial charge in [-0.15, -0.1) is 0 Å². The zero-order chi connectivity index (χ0) is 42.7. The van der Waals surface area contributed by atoms with Crippen molar-refractivity contribution in [2.75, 3.05) is 25.6 Å². The number of hydrogen-bond acceptors (Lipinski definition) is 15. The van der Waals surface area contributed by atoms with Gasteiger partial charge in [0.2, 0.25) is 6.29 Å². The van der Waals surface area contributed by atoms with Gasteiger partial charge in [-0.1, -0.05) is 70.5 Å². The Kier molecular flexibility index (Phi) is 11.8. The molecule has 1 saturated heterocycles. The molecule has 0 radical (unpaired) electrons. The maximum Gasteiger partial charge on any atom is 0.229 e. The van der Waals surface area contributed by atoms with E-state index in [2.05, 4.69) is 16.7 Å². The summed E-state index contributed by atoms with van der Waals surface area (Å²) < 4.78 is 12.5. The van der Waals surface area contributed by atoms with Crippen LogP contribution in [0, 0.1) is 22.7 Å². The first-order chi connectivity index (χ1) is 29.5. The number of allylic oxidation sites excluding steroid dienone is 6. The molecule has 6 bridgehead atoms. The van der Waals surface area contributed by atoms with Crippen LogP contribution in [0.4, 0.5) is 0 Å². The molecule has 3 heterocycles. The van der Waals surface area contributed by atoms with E-state index in [1.807, 2.05) is 18.2 Å². The highest BCUT2D eigenvalue weighted by Gasteiger charge is 2.64. The van der Waals surface area contributed by atoms with Crippen LogP contribution < -0.4 is 15.4 Å². The first kappa shape index (κ1) is 42.7. The van der Waals surface area contributed by atoms with Gasteiger partial charge >= 0.3 is 0 Å². The SMILES string of the molecule is O=C1c2cccc3c2C(=O)C2(C(O)=CC(Cc4cccc(CO)c4)=CC12)C(CCCO)SSCNC1=CC2=C(CCC4CCCC24CC2(O)C(O)C(CO)OC(O3)C2O)CN1. The van der Waals surface area contributed by atoms with Crippen molar-refractivity contribution in [3.63, 3.8) is 0 Å². The topological polar surface area (TPSA) is 218 Å². The van der Waals surface area contributed by atoms with E-state index in [1.165, 1.54) is 39.3 Å². The molecule has 2 fully saturated rings. The standard InChI is InChI=1S/C46H54N2O11S2/c49-14-4-10-36-46-32(17-27(18-35(46)52)16-25-5-1-6-26(15-25)21-50)39(53)30-8-2-9-33(38(30)41(46)55)58-43-42(56)45(57,40(54)34(22-51)59-43)23-44-13-3-7-29(44)12-11-28-20-47-37(19-31(28)44)48-24-60-61-36/h1-2,5-6,8-9,15,17-19,29,32,34,36,40,42-43,47-52,54,56-57H,3-4,7,10-14,16,20-24H2. The Morgan fingerprint density at radius 1 is 0.967 bits per heavy atom. The molecule has 0 amide bonds. The van der Waals surface area contributed by atoms with Crippen LogP contribution in [0.25, 0.3) is 0 Å². The van der Waals surface area contributed by atoms with Crippen molar-refractivity contribution < 1.29 is 54.8 Å². The van der Waals surface area contributed by atoms with Crippen LogP contribution in [-0.4, -0.2) is 108 Å². The van der Waals surface area contributed by atoms with Crippen LogP contribution in [0.3, 0.4) is 0 Å². The first-order valence-electron chi connectivity index (χ1n) is 21.3. The van der Waals surface area contributed by atoms with Crippen LogP contribution >= 0.6 is 21.6 Å². The van der Waals surface area contributed by atoms with Gasteiger partial charge in [-0.05, 0) is 103 Å². The molecule has 10 atom stereocenters. The Labute approximate surface area is 362 Å². The van der Waals surface area contributed by atoms with E-state index in [0.717, 1.165) is 49.1 Å². The molecule has 0 aromatic heterocycles. The van der Waals surface area contributed by atoms with Gasteiger partial charge in [-0.25, -0.2) is 0 Å². The lowest BCUT2D eigenvalue weighted by atomic mass is 9.57. The van der Waals surface area contributed by atoms with Crippen molar-refractivity contribution >= 4 is 33.2 Å². The van der Waals surface area contributed by atoms with Gasteiger partial charge in [0.25, 0.3) is 0 Å². The Morgan fingerprint density at radius 2 is 1.79 bits per heavy atom. The summed E-state index contributed by atoms with van der Waals surface area (Å²) in [6, 6.07) is 11.9. The van der Waals surface area contributed by atoms with E-state index in [9.17, 15) is 35.7 Å². The molecule has 13 nitrogen and oxygen atoms in total. The lowest BCUT2D eigenvalue weighted by Gasteiger charge is -2.54. The van der Waals surface area contributed by atoms with Gasteiger partial charge in [-0.3, -0.25) is 9.59 Å². The minimum absolute atomic E-state index is 0.0286. The number of aliphatic hydroxyl groups excluding tert-OH is 6. The predicted molar refractivity (Wildman–Crippen MR) is 229 cm³/mol. The molecule has 9 N–H and O–H groups in total. The van der Waals surface area contributed by atoms with Crippen LogP contribution in [0.5, 0.6) is 5.75 Å². The predicted octanol–water partition coefficient (Wildman–Crippen LogP) is 4.13. The normalized spacial score (nSPS) is 35.8. The molecule has 15 heteroatoms. The summed E-state index contributed by atoms with van der Waals surface area (Å²) in [4.78, 5) is 30.7. The molecule has 4 aliphatic carbocycles. The maximum atomic E-state index is 15.7. The molecular weight excluding hydrogens is 821 g/mol. The van der Waals surface area contributed by atoms with Crippen LogP contribution in [0.1, 0.15) is 83.2 Å². The van der Waals surface area contributed by atoms with Crippen molar-refractivity contribution in [3.8, 4) is 5.75 Å². The molecule has 2 spiro atoms. The van der Waals surface area contributed by atoms with Gasteiger partial charge in [0.15, 0.2) is 11.6 Å². The number of Topliss-reactive ketones (excluding diaryl/α,β-unsaturated/α-hetero) is 2. The van der Waals surface area contributed by atoms with E-state index in [4.69, 9.17) is 9.47 Å². The fourth-order valence-corrected chi connectivity index (χ4v) is 14.4. The lowest BCUT2D eigenvalue weighted by molar-refractivity contribution is -0.320. The van der Waals surface area contributed by atoms with Crippen molar-refractivity contribution in [1.29, 1.82) is 0 Å². The summed E-state index contributed by atoms with van der Waals surface area (Å²) in [5.41, 5.74) is -0.290. The Bertz CT molecular complexity index is 2210. The van der Waals surface area contributed by atoms with E-state index in [1.54, 1.807) is 24.3 Å².